The zero-order valence-corrected chi connectivity index (χ0v) is 9.78. The van der Waals surface area contributed by atoms with Crippen LogP contribution in [0.5, 0.6) is 0 Å². The molecule has 0 spiro atoms. The van der Waals surface area contributed by atoms with Crippen molar-refractivity contribution >= 4 is 11.9 Å². The number of Topliss-reactive ketones (excluding diaryl/α,β-unsaturated/α-hetero) is 1. The molecule has 0 amide bonds. The quantitative estimate of drug-likeness (QED) is 0.250. The minimum atomic E-state index is -0.170. The molecule has 5 heteroatoms. The molecule has 1 aromatic rings. The number of rotatable bonds is 6. The van der Waals surface area contributed by atoms with E-state index in [9.17, 15) is 4.79 Å². The molecule has 1 aromatic carbocycles. The summed E-state index contributed by atoms with van der Waals surface area (Å²) in [5, 5.41) is 11.8. The van der Waals surface area contributed by atoms with Crippen molar-refractivity contribution < 1.29 is 4.79 Å². The molecule has 5 nitrogen and oxygen atoms in total. The second-order valence-electron chi connectivity index (χ2n) is 3.53. The van der Waals surface area contributed by atoms with E-state index in [1.54, 1.807) is 12.1 Å². The molecule has 0 radical (unpaired) electrons. The highest BCUT2D eigenvalue weighted by Gasteiger charge is 2.03. The smallest absolute Gasteiger partial charge is 0.176 e. The van der Waals surface area contributed by atoms with Crippen molar-refractivity contribution in [1.82, 2.24) is 0 Å². The fourth-order valence-corrected chi connectivity index (χ4v) is 1.35. The molecule has 0 heterocycles. The predicted octanol–water partition coefficient (Wildman–Crippen LogP) is 3.50. The van der Waals surface area contributed by atoms with E-state index < -0.39 is 0 Å². The minimum Gasteiger partial charge on any atom is -0.293 e. The van der Waals surface area contributed by atoms with Crippen LogP contribution in [0.25, 0.3) is 16.5 Å². The van der Waals surface area contributed by atoms with Gasteiger partial charge in [0.1, 0.15) is 0 Å². The lowest BCUT2D eigenvalue weighted by Crippen LogP contribution is -1.96. The Labute approximate surface area is 105 Å². The average molecular weight is 240 g/mol. The maximum Gasteiger partial charge on any atom is 0.176 e. The standard InChI is InChI=1S/C13H12N4O/c14-9-8-13(18)12-6-4-11(5-7-12)3-1-2-10-16-17-15/h1,3-7H,2,8,10H2. The van der Waals surface area contributed by atoms with Crippen LogP contribution >= 0.6 is 0 Å². The minimum absolute atomic E-state index is 0.0959. The Bertz CT molecular complexity index is 519. The zero-order chi connectivity index (χ0) is 13.2. The number of hydrogen-bond donors (Lipinski definition) is 0. The van der Waals surface area contributed by atoms with Gasteiger partial charge < -0.3 is 0 Å². The van der Waals surface area contributed by atoms with Crippen LogP contribution < -0.4 is 0 Å². The summed E-state index contributed by atoms with van der Waals surface area (Å²) in [6.07, 6.45) is 4.38. The Balaban J connectivity index is 2.58. The van der Waals surface area contributed by atoms with Crippen LogP contribution in [0.4, 0.5) is 0 Å². The summed E-state index contributed by atoms with van der Waals surface area (Å²) in [6, 6.07) is 8.86. The van der Waals surface area contributed by atoms with Gasteiger partial charge in [0, 0.05) is 17.0 Å². The van der Waals surface area contributed by atoms with Crippen LogP contribution in [0.1, 0.15) is 28.8 Å². The molecule has 0 aliphatic carbocycles. The van der Waals surface area contributed by atoms with Gasteiger partial charge in [0.25, 0.3) is 0 Å². The fraction of sp³-hybridized carbons (Fsp3) is 0.231. The molecule has 0 aliphatic heterocycles. The van der Waals surface area contributed by atoms with Crippen LogP contribution in [0, 0.1) is 11.3 Å². The van der Waals surface area contributed by atoms with Crippen molar-refractivity contribution in [3.63, 3.8) is 0 Å². The van der Waals surface area contributed by atoms with E-state index in [1.807, 2.05) is 30.4 Å². The summed E-state index contributed by atoms with van der Waals surface area (Å²) in [6.45, 7) is 0.436. The molecule has 0 fully saturated rings. The van der Waals surface area contributed by atoms with E-state index >= 15 is 0 Å². The summed E-state index contributed by atoms with van der Waals surface area (Å²) in [7, 11) is 0. The van der Waals surface area contributed by atoms with E-state index in [-0.39, 0.29) is 12.2 Å². The molecule has 0 aromatic heterocycles. The number of ketones is 1. The van der Waals surface area contributed by atoms with Gasteiger partial charge in [0.05, 0.1) is 12.5 Å². The molecule has 0 unspecified atom stereocenters. The van der Waals surface area contributed by atoms with Gasteiger partial charge in [-0.15, -0.1) is 0 Å². The SMILES string of the molecule is N#CCC(=O)c1ccc(C=CCCN=[N+]=[N-])cc1. The van der Waals surface area contributed by atoms with Gasteiger partial charge >= 0.3 is 0 Å². The first kappa shape index (κ1) is 13.5. The van der Waals surface area contributed by atoms with Gasteiger partial charge in [0.15, 0.2) is 5.78 Å². The highest BCUT2D eigenvalue weighted by atomic mass is 16.1. The average Bonchev–Trinajstić information content (AvgIpc) is 2.39. The predicted molar refractivity (Wildman–Crippen MR) is 68.7 cm³/mol. The Morgan fingerprint density at radius 3 is 2.78 bits per heavy atom. The van der Waals surface area contributed by atoms with Crippen molar-refractivity contribution in [3.05, 3.63) is 51.9 Å². The van der Waals surface area contributed by atoms with Gasteiger partial charge in [-0.2, -0.15) is 5.26 Å². The number of carbonyl (C=O) groups is 1. The molecule has 0 saturated carbocycles. The van der Waals surface area contributed by atoms with E-state index in [0.717, 1.165) is 5.56 Å². The number of nitrogens with zero attached hydrogens (tertiary/aromatic N) is 4. The van der Waals surface area contributed by atoms with Crippen molar-refractivity contribution in [1.29, 1.82) is 5.26 Å². The lowest BCUT2D eigenvalue weighted by Gasteiger charge is -1.97. The first-order valence-corrected chi connectivity index (χ1v) is 5.45. The molecule has 0 bridgehead atoms. The first-order valence-electron chi connectivity index (χ1n) is 5.45. The second-order valence-corrected chi connectivity index (χ2v) is 3.53. The summed E-state index contributed by atoms with van der Waals surface area (Å²) in [4.78, 5) is 14.1. The first-order chi connectivity index (χ1) is 8.77. The number of hydrogen-bond acceptors (Lipinski definition) is 3. The lowest BCUT2D eigenvalue weighted by molar-refractivity contribution is 0.0997. The van der Waals surface area contributed by atoms with Gasteiger partial charge in [-0.3, -0.25) is 4.79 Å². The molecular formula is C13H12N4O. The Morgan fingerprint density at radius 1 is 1.44 bits per heavy atom. The number of nitriles is 1. The van der Waals surface area contributed by atoms with Crippen molar-refractivity contribution in [3.8, 4) is 6.07 Å². The van der Waals surface area contributed by atoms with Gasteiger partial charge in [-0.25, -0.2) is 0 Å². The molecule has 1 rings (SSSR count). The molecule has 90 valence electrons. The molecule has 0 aliphatic rings. The van der Waals surface area contributed by atoms with Crippen LogP contribution in [0.15, 0.2) is 35.5 Å². The van der Waals surface area contributed by atoms with Gasteiger partial charge in [0.2, 0.25) is 0 Å². The Hall–Kier alpha value is -2.57. The highest BCUT2D eigenvalue weighted by Crippen LogP contribution is 2.08. The van der Waals surface area contributed by atoms with Crippen LogP contribution in [-0.4, -0.2) is 12.3 Å². The third kappa shape index (κ3) is 4.52. The molecular weight excluding hydrogens is 228 g/mol. The molecule has 18 heavy (non-hydrogen) atoms. The maximum absolute atomic E-state index is 11.4. The van der Waals surface area contributed by atoms with Crippen molar-refractivity contribution in [2.45, 2.75) is 12.8 Å². The number of azide groups is 1. The number of carbonyl (C=O) groups excluding carboxylic acids is 1. The topological polar surface area (TPSA) is 89.6 Å². The normalized spacial score (nSPS) is 9.72. The Morgan fingerprint density at radius 2 is 2.17 bits per heavy atom. The van der Waals surface area contributed by atoms with Crippen molar-refractivity contribution in [2.75, 3.05) is 6.54 Å². The second kappa shape index (κ2) is 7.66. The lowest BCUT2D eigenvalue weighted by atomic mass is 10.1. The molecule has 0 atom stereocenters. The number of benzene rings is 1. The monoisotopic (exact) mass is 240 g/mol. The zero-order valence-electron chi connectivity index (χ0n) is 9.78. The van der Waals surface area contributed by atoms with E-state index in [0.29, 0.717) is 18.5 Å². The Kier molecular flexibility index (Phi) is 5.74. The largest absolute Gasteiger partial charge is 0.293 e. The third-order valence-corrected chi connectivity index (χ3v) is 2.24. The van der Waals surface area contributed by atoms with Crippen LogP contribution in [0.3, 0.4) is 0 Å². The molecule has 0 saturated heterocycles. The third-order valence-electron chi connectivity index (χ3n) is 2.24. The summed E-state index contributed by atoms with van der Waals surface area (Å²) >= 11 is 0. The van der Waals surface area contributed by atoms with E-state index in [2.05, 4.69) is 10.0 Å². The van der Waals surface area contributed by atoms with Crippen LogP contribution in [-0.2, 0) is 0 Å². The fourth-order valence-electron chi connectivity index (χ4n) is 1.35. The highest BCUT2D eigenvalue weighted by molar-refractivity contribution is 5.97. The van der Waals surface area contributed by atoms with Gasteiger partial charge in [-0.1, -0.05) is 41.5 Å². The van der Waals surface area contributed by atoms with Crippen molar-refractivity contribution in [2.24, 2.45) is 5.11 Å². The van der Waals surface area contributed by atoms with E-state index in [4.69, 9.17) is 10.8 Å². The van der Waals surface area contributed by atoms with Gasteiger partial charge in [-0.05, 0) is 17.5 Å². The summed E-state index contributed by atoms with van der Waals surface area (Å²) in [5.74, 6) is -0.170. The summed E-state index contributed by atoms with van der Waals surface area (Å²) in [5.41, 5.74) is 9.59. The molecule has 0 N–H and O–H groups in total. The summed E-state index contributed by atoms with van der Waals surface area (Å²) < 4.78 is 0. The van der Waals surface area contributed by atoms with E-state index in [1.165, 1.54) is 0 Å². The van der Waals surface area contributed by atoms with Crippen LogP contribution in [0.2, 0.25) is 0 Å². The maximum atomic E-state index is 11.4.